The van der Waals surface area contributed by atoms with Crippen LogP contribution in [0.1, 0.15) is 12.0 Å². The third-order valence-electron chi connectivity index (χ3n) is 2.57. The molecule has 0 fully saturated rings. The lowest BCUT2D eigenvalue weighted by Crippen LogP contribution is -2.44. The summed E-state index contributed by atoms with van der Waals surface area (Å²) in [5.41, 5.74) is 0.771. The van der Waals surface area contributed by atoms with Crippen molar-refractivity contribution in [1.29, 1.82) is 0 Å². The zero-order chi connectivity index (χ0) is 15.0. The molecule has 0 aromatic heterocycles. The van der Waals surface area contributed by atoms with Crippen LogP contribution in [0.5, 0.6) is 0 Å². The van der Waals surface area contributed by atoms with Gasteiger partial charge in [-0.1, -0.05) is 30.3 Å². The lowest BCUT2D eigenvalue weighted by molar-refractivity contribution is -0.185. The molecular weight excluding hydrogens is 282 g/mol. The Labute approximate surface area is 121 Å². The molecule has 0 aliphatic rings. The van der Waals surface area contributed by atoms with Gasteiger partial charge in [-0.05, 0) is 24.0 Å². The summed E-state index contributed by atoms with van der Waals surface area (Å²) in [6.07, 6.45) is 0.612. The highest BCUT2D eigenvalue weighted by Crippen LogP contribution is 2.12. The molecule has 0 aliphatic heterocycles. The predicted octanol–water partition coefficient (Wildman–Crippen LogP) is 2.30. The highest BCUT2D eigenvalue weighted by molar-refractivity contribution is 7.98. The Balaban J connectivity index is 2.71. The number of hydroxylamine groups is 2. The van der Waals surface area contributed by atoms with E-state index in [1.165, 1.54) is 11.8 Å². The first kappa shape index (κ1) is 16.3. The fraction of sp³-hybridized carbons (Fsp3) is 0.385. The van der Waals surface area contributed by atoms with Gasteiger partial charge in [0.1, 0.15) is 6.61 Å². The van der Waals surface area contributed by atoms with Gasteiger partial charge in [0.2, 0.25) is 0 Å². The maximum atomic E-state index is 11.2. The SMILES string of the molecule is CSCC[C@H](C(=O)O)N(OCc1ccccc1)C(=O)O. The maximum Gasteiger partial charge on any atom is 0.432 e. The topological polar surface area (TPSA) is 87.1 Å². The molecule has 6 nitrogen and oxygen atoms in total. The average Bonchev–Trinajstić information content (AvgIpc) is 2.42. The summed E-state index contributed by atoms with van der Waals surface area (Å²) in [4.78, 5) is 27.5. The van der Waals surface area contributed by atoms with Crippen LogP contribution in [0.2, 0.25) is 0 Å². The van der Waals surface area contributed by atoms with Gasteiger partial charge in [-0.3, -0.25) is 4.84 Å². The van der Waals surface area contributed by atoms with Gasteiger partial charge in [0.15, 0.2) is 6.04 Å². The number of aliphatic carboxylic acids is 1. The van der Waals surface area contributed by atoms with E-state index in [0.717, 1.165) is 5.56 Å². The van der Waals surface area contributed by atoms with Crippen LogP contribution in [0.3, 0.4) is 0 Å². The minimum Gasteiger partial charge on any atom is -0.480 e. The van der Waals surface area contributed by atoms with Crippen molar-refractivity contribution in [2.75, 3.05) is 12.0 Å². The largest absolute Gasteiger partial charge is 0.480 e. The molecule has 110 valence electrons. The van der Waals surface area contributed by atoms with Crippen LogP contribution in [0.25, 0.3) is 0 Å². The number of hydrogen-bond donors (Lipinski definition) is 2. The number of rotatable bonds is 8. The highest BCUT2D eigenvalue weighted by atomic mass is 32.2. The molecule has 2 N–H and O–H groups in total. The van der Waals surface area contributed by atoms with Gasteiger partial charge >= 0.3 is 12.1 Å². The Morgan fingerprint density at radius 1 is 1.30 bits per heavy atom. The van der Waals surface area contributed by atoms with Gasteiger partial charge < -0.3 is 10.2 Å². The van der Waals surface area contributed by atoms with Gasteiger partial charge in [0, 0.05) is 0 Å². The van der Waals surface area contributed by atoms with Gasteiger partial charge in [0.25, 0.3) is 0 Å². The van der Waals surface area contributed by atoms with E-state index >= 15 is 0 Å². The van der Waals surface area contributed by atoms with Crippen LogP contribution in [-0.2, 0) is 16.2 Å². The van der Waals surface area contributed by atoms with Crippen molar-refractivity contribution in [1.82, 2.24) is 5.06 Å². The second kappa shape index (κ2) is 8.44. The number of hydrogen-bond acceptors (Lipinski definition) is 4. The van der Waals surface area contributed by atoms with Crippen molar-refractivity contribution in [3.63, 3.8) is 0 Å². The normalized spacial score (nSPS) is 11.8. The van der Waals surface area contributed by atoms with Crippen LogP contribution in [-0.4, -0.2) is 45.4 Å². The van der Waals surface area contributed by atoms with Crippen molar-refractivity contribution in [2.24, 2.45) is 0 Å². The molecule has 1 aromatic carbocycles. The van der Waals surface area contributed by atoms with E-state index in [1.54, 1.807) is 24.3 Å². The summed E-state index contributed by atoms with van der Waals surface area (Å²) in [7, 11) is 0. The van der Waals surface area contributed by atoms with E-state index in [4.69, 9.17) is 15.1 Å². The number of carboxylic acids is 1. The fourth-order valence-electron chi connectivity index (χ4n) is 1.57. The molecule has 1 amide bonds. The average molecular weight is 299 g/mol. The van der Waals surface area contributed by atoms with Crippen molar-refractivity contribution < 1.29 is 24.6 Å². The summed E-state index contributed by atoms with van der Waals surface area (Å²) >= 11 is 1.45. The Morgan fingerprint density at radius 3 is 2.45 bits per heavy atom. The molecule has 0 saturated carbocycles. The molecular formula is C13H17NO5S. The van der Waals surface area contributed by atoms with Crippen LogP contribution < -0.4 is 0 Å². The first-order valence-corrected chi connectivity index (χ1v) is 7.36. The molecule has 0 aliphatic carbocycles. The van der Waals surface area contributed by atoms with Crippen LogP contribution in [0, 0.1) is 0 Å². The molecule has 1 rings (SSSR count). The molecule has 1 atom stereocenters. The number of benzene rings is 1. The summed E-state index contributed by atoms with van der Waals surface area (Å²) in [6, 6.07) is 7.77. The van der Waals surface area contributed by atoms with Gasteiger partial charge in [0.05, 0.1) is 0 Å². The highest BCUT2D eigenvalue weighted by Gasteiger charge is 2.30. The number of carboxylic acid groups (broad SMARTS) is 2. The van der Waals surface area contributed by atoms with Gasteiger partial charge in [-0.2, -0.15) is 16.8 Å². The Kier molecular flexibility index (Phi) is 6.89. The maximum absolute atomic E-state index is 11.2. The van der Waals surface area contributed by atoms with Gasteiger partial charge in [-0.15, -0.1) is 0 Å². The van der Waals surface area contributed by atoms with E-state index in [9.17, 15) is 9.59 Å². The van der Waals surface area contributed by atoms with E-state index in [2.05, 4.69) is 0 Å². The number of nitrogens with zero attached hydrogens (tertiary/aromatic N) is 1. The van der Waals surface area contributed by atoms with Crippen molar-refractivity contribution in [2.45, 2.75) is 19.1 Å². The lowest BCUT2D eigenvalue weighted by Gasteiger charge is -2.25. The molecule has 1 aromatic rings. The predicted molar refractivity (Wildman–Crippen MR) is 75.5 cm³/mol. The number of amides is 1. The summed E-state index contributed by atoms with van der Waals surface area (Å²) in [6.45, 7) is 0.0101. The molecule has 20 heavy (non-hydrogen) atoms. The zero-order valence-corrected chi connectivity index (χ0v) is 11.9. The van der Waals surface area contributed by atoms with E-state index in [0.29, 0.717) is 10.8 Å². The van der Waals surface area contributed by atoms with Crippen LogP contribution in [0.4, 0.5) is 4.79 Å². The van der Waals surface area contributed by atoms with E-state index in [-0.39, 0.29) is 13.0 Å². The smallest absolute Gasteiger partial charge is 0.432 e. The van der Waals surface area contributed by atoms with Crippen molar-refractivity contribution >= 4 is 23.8 Å². The Hall–Kier alpha value is -1.73. The van der Waals surface area contributed by atoms with Crippen LogP contribution in [0.15, 0.2) is 30.3 Å². The monoisotopic (exact) mass is 299 g/mol. The molecule has 0 heterocycles. The lowest BCUT2D eigenvalue weighted by atomic mass is 10.2. The Morgan fingerprint density at radius 2 is 1.95 bits per heavy atom. The van der Waals surface area contributed by atoms with Crippen molar-refractivity contribution in [3.8, 4) is 0 Å². The third-order valence-corrected chi connectivity index (χ3v) is 3.21. The molecule has 7 heteroatoms. The minimum absolute atomic E-state index is 0.0101. The number of carbonyl (C=O) groups is 2. The molecule has 0 saturated heterocycles. The van der Waals surface area contributed by atoms with Crippen LogP contribution >= 0.6 is 11.8 Å². The van der Waals surface area contributed by atoms with Gasteiger partial charge in [-0.25, -0.2) is 9.59 Å². The second-order valence-corrected chi connectivity index (χ2v) is 4.99. The Bertz CT molecular complexity index is 440. The summed E-state index contributed by atoms with van der Waals surface area (Å²) in [5.74, 6) is -0.676. The zero-order valence-electron chi connectivity index (χ0n) is 11.1. The summed E-state index contributed by atoms with van der Waals surface area (Å²) < 4.78 is 0. The first-order valence-electron chi connectivity index (χ1n) is 5.97. The fourth-order valence-corrected chi connectivity index (χ4v) is 2.03. The third kappa shape index (κ3) is 5.10. The minimum atomic E-state index is -1.41. The molecule has 0 bridgehead atoms. The number of thioether (sulfide) groups is 1. The molecule has 0 radical (unpaired) electrons. The summed E-state index contributed by atoms with van der Waals surface area (Å²) in [5, 5.41) is 18.7. The van der Waals surface area contributed by atoms with Crippen molar-refractivity contribution in [3.05, 3.63) is 35.9 Å². The standard InChI is InChI=1S/C13H17NO5S/c1-20-8-7-11(12(15)16)14(13(17)18)19-9-10-5-3-2-4-6-10/h2-6,11H,7-9H2,1H3,(H,15,16)(H,17,18)/t11-/m1/s1. The second-order valence-electron chi connectivity index (χ2n) is 4.00. The molecule has 0 spiro atoms. The van der Waals surface area contributed by atoms with E-state index < -0.39 is 18.1 Å². The first-order chi connectivity index (χ1) is 9.56. The quantitative estimate of drug-likeness (QED) is 0.716. The van der Waals surface area contributed by atoms with E-state index in [1.807, 2.05) is 12.3 Å². The molecule has 0 unspecified atom stereocenters.